The van der Waals surface area contributed by atoms with Gasteiger partial charge < -0.3 is 14.6 Å². The molecule has 0 saturated carbocycles. The Morgan fingerprint density at radius 1 is 1.21 bits per heavy atom. The third-order valence-corrected chi connectivity index (χ3v) is 4.40. The van der Waals surface area contributed by atoms with E-state index in [-0.39, 0.29) is 17.0 Å². The molecule has 1 aromatic carbocycles. The van der Waals surface area contributed by atoms with Crippen LogP contribution in [0.4, 0.5) is 5.69 Å². The molecule has 154 valence electrons. The number of nitrogens with one attached hydrogen (secondary N) is 1. The number of hydrogen-bond donors (Lipinski definition) is 1. The largest absolute Gasteiger partial charge is 0.456 e. The Bertz CT molecular complexity index is 948. The molecule has 9 nitrogen and oxygen atoms in total. The number of carbonyl (C=O) groups is 3. The molecule has 2 aromatic rings. The molecule has 0 bridgehead atoms. The fourth-order valence-corrected chi connectivity index (χ4v) is 2.94. The summed E-state index contributed by atoms with van der Waals surface area (Å²) in [6, 6.07) is 6.90. The molecule has 9 heteroatoms. The van der Waals surface area contributed by atoms with Gasteiger partial charge in [0.2, 0.25) is 5.78 Å². The van der Waals surface area contributed by atoms with Crippen LogP contribution in [0.1, 0.15) is 45.4 Å². The first-order valence-corrected chi connectivity index (χ1v) is 9.12. The zero-order chi connectivity index (χ0) is 21.6. The van der Waals surface area contributed by atoms with E-state index in [2.05, 4.69) is 5.32 Å². The maximum absolute atomic E-state index is 12.4. The van der Waals surface area contributed by atoms with E-state index in [0.717, 1.165) is 30.4 Å². The maximum Gasteiger partial charge on any atom is 0.325 e. The fraction of sp³-hybridized carbons (Fsp3) is 0.350. The lowest BCUT2D eigenvalue weighted by Crippen LogP contribution is -2.31. The predicted molar refractivity (Wildman–Crippen MR) is 105 cm³/mol. The van der Waals surface area contributed by atoms with Gasteiger partial charge in [-0.1, -0.05) is 13.0 Å². The lowest BCUT2D eigenvalue weighted by Gasteiger charge is -2.08. The van der Waals surface area contributed by atoms with Gasteiger partial charge in [-0.15, -0.1) is 0 Å². The average molecular weight is 401 g/mol. The normalized spacial score (nSPS) is 10.4. The van der Waals surface area contributed by atoms with Crippen LogP contribution in [0.3, 0.4) is 0 Å². The Kier molecular flexibility index (Phi) is 7.24. The second-order valence-corrected chi connectivity index (χ2v) is 6.51. The van der Waals surface area contributed by atoms with Crippen molar-refractivity contribution in [3.63, 3.8) is 0 Å². The number of amides is 1. The molecular weight excluding hydrogens is 378 g/mol. The van der Waals surface area contributed by atoms with Gasteiger partial charge in [-0.2, -0.15) is 0 Å². The standard InChI is InChI=1S/C20H23N3O6/c1-4-8-22-13(2)9-17(14(22)3)18(24)12-29-19(25)11-21-20(26)15-6-5-7-16(10-15)23(27)28/h5-7,9-10H,4,8,11-12H2,1-3H3,(H,21,26). The Hall–Kier alpha value is -3.49. The molecule has 0 aliphatic rings. The van der Waals surface area contributed by atoms with Gasteiger partial charge in [0, 0.05) is 41.2 Å². The molecule has 0 fully saturated rings. The second-order valence-electron chi connectivity index (χ2n) is 6.51. The van der Waals surface area contributed by atoms with Crippen molar-refractivity contribution in [2.45, 2.75) is 33.7 Å². The van der Waals surface area contributed by atoms with Gasteiger partial charge >= 0.3 is 5.97 Å². The Balaban J connectivity index is 1.88. The van der Waals surface area contributed by atoms with Crippen LogP contribution in [0.25, 0.3) is 0 Å². The number of nitrogens with zero attached hydrogens (tertiary/aromatic N) is 2. The predicted octanol–water partition coefficient (Wildman–Crippen LogP) is 2.58. The SMILES string of the molecule is CCCn1c(C)cc(C(=O)COC(=O)CNC(=O)c2cccc([N+](=O)[O-])c2)c1C. The number of esters is 1. The van der Waals surface area contributed by atoms with Gasteiger partial charge in [0.1, 0.15) is 6.54 Å². The topological polar surface area (TPSA) is 121 Å². The smallest absolute Gasteiger partial charge is 0.325 e. The molecule has 0 saturated heterocycles. The average Bonchev–Trinajstić information content (AvgIpc) is 2.99. The van der Waals surface area contributed by atoms with E-state index in [1.54, 1.807) is 6.07 Å². The lowest BCUT2D eigenvalue weighted by atomic mass is 10.1. The third-order valence-electron chi connectivity index (χ3n) is 4.40. The number of Topliss-reactive ketones (excluding diaryl/α,β-unsaturated/α-hetero) is 1. The van der Waals surface area contributed by atoms with Crippen molar-refractivity contribution >= 4 is 23.3 Å². The zero-order valence-corrected chi connectivity index (χ0v) is 16.6. The summed E-state index contributed by atoms with van der Waals surface area (Å²) < 4.78 is 6.99. The summed E-state index contributed by atoms with van der Waals surface area (Å²) in [6.07, 6.45) is 0.934. The Morgan fingerprint density at radius 3 is 2.59 bits per heavy atom. The summed E-state index contributed by atoms with van der Waals surface area (Å²) in [5, 5.41) is 13.1. The Labute approximate surface area is 167 Å². The van der Waals surface area contributed by atoms with Crippen LogP contribution in [-0.2, 0) is 16.1 Å². The molecule has 0 aliphatic heterocycles. The van der Waals surface area contributed by atoms with Gasteiger partial charge in [0.25, 0.3) is 11.6 Å². The summed E-state index contributed by atoms with van der Waals surface area (Å²) in [6.45, 7) is 5.72. The number of benzene rings is 1. The number of aromatic nitrogens is 1. The van der Waals surface area contributed by atoms with Crippen molar-refractivity contribution in [2.75, 3.05) is 13.2 Å². The molecular formula is C20H23N3O6. The molecule has 1 heterocycles. The van der Waals surface area contributed by atoms with Crippen LogP contribution in [0.5, 0.6) is 0 Å². The van der Waals surface area contributed by atoms with Gasteiger partial charge in [0.15, 0.2) is 6.61 Å². The monoisotopic (exact) mass is 401 g/mol. The molecule has 1 amide bonds. The first-order chi connectivity index (χ1) is 13.7. The number of rotatable bonds is 9. The van der Waals surface area contributed by atoms with E-state index in [1.165, 1.54) is 18.2 Å². The van der Waals surface area contributed by atoms with Crippen molar-refractivity contribution < 1.29 is 24.0 Å². The molecule has 1 N–H and O–H groups in total. The zero-order valence-electron chi connectivity index (χ0n) is 16.6. The minimum absolute atomic E-state index is 0.0476. The maximum atomic E-state index is 12.4. The first kappa shape index (κ1) is 21.8. The highest BCUT2D eigenvalue weighted by Crippen LogP contribution is 2.16. The van der Waals surface area contributed by atoms with E-state index < -0.39 is 30.0 Å². The molecule has 0 radical (unpaired) electrons. The third kappa shape index (κ3) is 5.50. The quantitative estimate of drug-likeness (QED) is 0.298. The fourth-order valence-electron chi connectivity index (χ4n) is 2.94. The molecule has 2 rings (SSSR count). The molecule has 0 atom stereocenters. The highest BCUT2D eigenvalue weighted by molar-refractivity contribution is 6.00. The molecule has 0 unspecified atom stereocenters. The Morgan fingerprint density at radius 2 is 1.93 bits per heavy atom. The summed E-state index contributed by atoms with van der Waals surface area (Å²) in [4.78, 5) is 46.4. The van der Waals surface area contributed by atoms with Gasteiger partial charge in [-0.3, -0.25) is 24.5 Å². The van der Waals surface area contributed by atoms with Crippen LogP contribution in [0, 0.1) is 24.0 Å². The van der Waals surface area contributed by atoms with Crippen LogP contribution in [-0.4, -0.2) is 40.3 Å². The summed E-state index contributed by atoms with van der Waals surface area (Å²) >= 11 is 0. The van der Waals surface area contributed by atoms with Crippen molar-refractivity contribution in [3.05, 3.63) is 63.0 Å². The van der Waals surface area contributed by atoms with E-state index in [9.17, 15) is 24.5 Å². The highest BCUT2D eigenvalue weighted by atomic mass is 16.6. The highest BCUT2D eigenvalue weighted by Gasteiger charge is 2.18. The summed E-state index contributed by atoms with van der Waals surface area (Å²) in [5.41, 5.74) is 2.11. The van der Waals surface area contributed by atoms with E-state index in [1.807, 2.05) is 25.3 Å². The lowest BCUT2D eigenvalue weighted by molar-refractivity contribution is -0.384. The van der Waals surface area contributed by atoms with Gasteiger partial charge in [0.05, 0.1) is 4.92 Å². The van der Waals surface area contributed by atoms with E-state index in [4.69, 9.17) is 4.74 Å². The number of nitro benzene ring substituents is 1. The van der Waals surface area contributed by atoms with Crippen LogP contribution < -0.4 is 5.32 Å². The molecule has 0 aliphatic carbocycles. The minimum atomic E-state index is -0.778. The van der Waals surface area contributed by atoms with Crippen LogP contribution in [0.15, 0.2) is 30.3 Å². The number of ketones is 1. The molecule has 0 spiro atoms. The molecule has 29 heavy (non-hydrogen) atoms. The van der Waals surface area contributed by atoms with Crippen LogP contribution in [0.2, 0.25) is 0 Å². The molecule has 1 aromatic heterocycles. The van der Waals surface area contributed by atoms with Gasteiger partial charge in [-0.25, -0.2) is 0 Å². The van der Waals surface area contributed by atoms with Gasteiger partial charge in [-0.05, 0) is 32.4 Å². The number of hydrogen-bond acceptors (Lipinski definition) is 6. The summed E-state index contributed by atoms with van der Waals surface area (Å²) in [5.74, 6) is -1.75. The van der Waals surface area contributed by atoms with Crippen molar-refractivity contribution in [1.82, 2.24) is 9.88 Å². The van der Waals surface area contributed by atoms with E-state index >= 15 is 0 Å². The van der Waals surface area contributed by atoms with Crippen molar-refractivity contribution in [2.24, 2.45) is 0 Å². The first-order valence-electron chi connectivity index (χ1n) is 9.12. The number of aryl methyl sites for hydroxylation is 1. The van der Waals surface area contributed by atoms with E-state index in [0.29, 0.717) is 5.56 Å². The van der Waals surface area contributed by atoms with Crippen LogP contribution >= 0.6 is 0 Å². The second kappa shape index (κ2) is 9.63. The number of ether oxygens (including phenoxy) is 1. The van der Waals surface area contributed by atoms with Crippen molar-refractivity contribution in [1.29, 1.82) is 0 Å². The minimum Gasteiger partial charge on any atom is -0.456 e. The van der Waals surface area contributed by atoms with Crippen molar-refractivity contribution in [3.8, 4) is 0 Å². The number of carbonyl (C=O) groups excluding carboxylic acids is 3. The number of nitro groups is 1. The number of non-ortho nitro benzene ring substituents is 1. The summed E-state index contributed by atoms with van der Waals surface area (Å²) in [7, 11) is 0.